The summed E-state index contributed by atoms with van der Waals surface area (Å²) in [5.74, 6) is -6.37. The van der Waals surface area contributed by atoms with Crippen LogP contribution in [0.5, 0.6) is 0 Å². The van der Waals surface area contributed by atoms with Crippen LogP contribution in [0.25, 0.3) is 10.8 Å². The van der Waals surface area contributed by atoms with E-state index in [0.717, 1.165) is 0 Å². The molecule has 0 saturated carbocycles. The van der Waals surface area contributed by atoms with Crippen molar-refractivity contribution in [2.75, 3.05) is 0 Å². The Morgan fingerprint density at radius 2 is 1.44 bits per heavy atom. The lowest BCUT2D eigenvalue weighted by Crippen LogP contribution is -2.39. The first-order chi connectivity index (χ1) is 8.40. The van der Waals surface area contributed by atoms with E-state index in [-0.39, 0.29) is 16.5 Å². The lowest BCUT2D eigenvalue weighted by Gasteiger charge is -2.08. The fraction of sp³-hybridized carbons (Fsp3) is 0.333. The number of aromatic nitrogens is 2. The molecule has 0 saturated heterocycles. The number of benzene rings is 1. The fourth-order valence-electron chi connectivity index (χ4n) is 2.15. The Hall–Kier alpha value is -1.72. The molecule has 96 valence electrons. The Bertz CT molecular complexity index is 653. The molecule has 2 rings (SSSR count). The Balaban J connectivity index is 3.14. The van der Waals surface area contributed by atoms with Gasteiger partial charge in [-0.25, -0.2) is 17.6 Å². The van der Waals surface area contributed by atoms with Crippen molar-refractivity contribution < 1.29 is 22.2 Å². The van der Waals surface area contributed by atoms with Crippen molar-refractivity contribution in [3.63, 3.8) is 0 Å². The first-order valence-electron chi connectivity index (χ1n) is 5.41. The summed E-state index contributed by atoms with van der Waals surface area (Å²) < 4.78 is 55.4. The molecule has 1 aromatic heterocycles. The molecular weight excluding hydrogens is 248 g/mol. The van der Waals surface area contributed by atoms with E-state index in [9.17, 15) is 17.6 Å². The molecule has 1 heterocycles. The zero-order valence-electron chi connectivity index (χ0n) is 10.1. The van der Waals surface area contributed by atoms with E-state index in [1.807, 2.05) is 0 Å². The number of hydrogen-bond acceptors (Lipinski definition) is 1. The summed E-state index contributed by atoms with van der Waals surface area (Å²) in [6.07, 6.45) is 0.321. The molecule has 2 nitrogen and oxygen atoms in total. The number of aryl methyl sites for hydroxylation is 3. The highest BCUT2D eigenvalue weighted by atomic mass is 19.2. The lowest BCUT2D eigenvalue weighted by atomic mass is 10.0. The lowest BCUT2D eigenvalue weighted by molar-refractivity contribution is -0.736. The first-order valence-corrected chi connectivity index (χ1v) is 5.41. The molecule has 1 aromatic carbocycles. The maximum atomic E-state index is 13.8. The van der Waals surface area contributed by atoms with Crippen molar-refractivity contribution in [1.29, 1.82) is 0 Å². The van der Waals surface area contributed by atoms with Crippen LogP contribution in [0.3, 0.4) is 0 Å². The van der Waals surface area contributed by atoms with Crippen molar-refractivity contribution in [3.05, 3.63) is 34.7 Å². The molecule has 0 atom stereocenters. The van der Waals surface area contributed by atoms with Crippen molar-refractivity contribution in [2.45, 2.75) is 20.3 Å². The van der Waals surface area contributed by atoms with Crippen LogP contribution in [-0.4, -0.2) is 5.10 Å². The Morgan fingerprint density at radius 3 is 1.94 bits per heavy atom. The van der Waals surface area contributed by atoms with Gasteiger partial charge in [-0.15, -0.1) is 0 Å². The van der Waals surface area contributed by atoms with Crippen molar-refractivity contribution in [3.8, 4) is 0 Å². The molecule has 0 radical (unpaired) electrons. The molecule has 0 bridgehead atoms. The van der Waals surface area contributed by atoms with Gasteiger partial charge in [0.2, 0.25) is 5.69 Å². The van der Waals surface area contributed by atoms with Gasteiger partial charge in [0.05, 0.1) is 10.8 Å². The average molecular weight is 259 g/mol. The van der Waals surface area contributed by atoms with E-state index in [1.165, 1.54) is 11.6 Å². The number of fused-ring (bicyclic) bond motifs is 1. The summed E-state index contributed by atoms with van der Waals surface area (Å²) in [6.45, 7) is 3.12. The predicted octanol–water partition coefficient (Wildman–Crippen LogP) is 2.49. The van der Waals surface area contributed by atoms with Crippen LogP contribution in [0.1, 0.15) is 18.3 Å². The Morgan fingerprint density at radius 1 is 0.944 bits per heavy atom. The van der Waals surface area contributed by atoms with E-state index in [4.69, 9.17) is 0 Å². The van der Waals surface area contributed by atoms with Gasteiger partial charge in [0.15, 0.2) is 30.3 Å². The highest BCUT2D eigenvalue weighted by Crippen LogP contribution is 2.29. The topological polar surface area (TPSA) is 16.8 Å². The quantitative estimate of drug-likeness (QED) is 0.333. The van der Waals surface area contributed by atoms with Crippen LogP contribution in [0.4, 0.5) is 17.6 Å². The third kappa shape index (κ3) is 1.55. The van der Waals surface area contributed by atoms with Gasteiger partial charge in [-0.3, -0.25) is 0 Å². The van der Waals surface area contributed by atoms with Crippen molar-refractivity contribution in [1.82, 2.24) is 5.10 Å². The maximum absolute atomic E-state index is 13.8. The van der Waals surface area contributed by atoms with Gasteiger partial charge in [0.25, 0.3) is 0 Å². The fourth-order valence-corrected chi connectivity index (χ4v) is 2.15. The monoisotopic (exact) mass is 259 g/mol. The molecule has 0 aliphatic carbocycles. The second kappa shape index (κ2) is 4.19. The smallest absolute Gasteiger partial charge is 0.203 e. The van der Waals surface area contributed by atoms with Gasteiger partial charge in [-0.1, -0.05) is 11.6 Å². The van der Waals surface area contributed by atoms with Crippen LogP contribution in [0, 0.1) is 30.2 Å². The first kappa shape index (κ1) is 12.7. The molecule has 6 heteroatoms. The van der Waals surface area contributed by atoms with Crippen LogP contribution in [0.2, 0.25) is 0 Å². The van der Waals surface area contributed by atoms with Gasteiger partial charge in [0, 0.05) is 6.42 Å². The maximum Gasteiger partial charge on any atom is 0.218 e. The molecule has 0 amide bonds. The minimum absolute atomic E-state index is 0.111. The summed E-state index contributed by atoms with van der Waals surface area (Å²) in [6, 6.07) is 0. The number of hydrogen-bond donors (Lipinski definition) is 0. The third-order valence-corrected chi connectivity index (χ3v) is 2.94. The van der Waals surface area contributed by atoms with Gasteiger partial charge in [0.1, 0.15) is 5.69 Å². The SMILES string of the molecule is CCc1c2c(F)c(F)c(F)c(F)c2c(C)n[n+]1C. The highest BCUT2D eigenvalue weighted by Gasteiger charge is 2.28. The second-order valence-corrected chi connectivity index (χ2v) is 4.02. The Kier molecular flexibility index (Phi) is 2.96. The zero-order valence-corrected chi connectivity index (χ0v) is 10.1. The summed E-state index contributed by atoms with van der Waals surface area (Å²) in [7, 11) is 1.55. The number of rotatable bonds is 1. The van der Waals surface area contributed by atoms with Gasteiger partial charge in [-0.2, -0.15) is 0 Å². The minimum atomic E-state index is -1.80. The molecule has 0 N–H and O–H groups in total. The summed E-state index contributed by atoms with van der Waals surface area (Å²) in [4.78, 5) is 0. The number of halogens is 4. The largest absolute Gasteiger partial charge is 0.218 e. The minimum Gasteiger partial charge on any atom is -0.203 e. The van der Waals surface area contributed by atoms with E-state index in [0.29, 0.717) is 12.1 Å². The normalized spacial score (nSPS) is 11.3. The van der Waals surface area contributed by atoms with E-state index >= 15 is 0 Å². The van der Waals surface area contributed by atoms with Crippen molar-refractivity contribution >= 4 is 10.8 Å². The molecule has 18 heavy (non-hydrogen) atoms. The standard InChI is InChI=1S/C12H11F4N2/c1-4-6-8-7(5(2)17-18(6)3)9(13)11(15)12(16)10(8)14/h4H2,1-3H3/q+1. The molecule has 0 unspecified atom stereocenters. The molecule has 0 aliphatic heterocycles. The third-order valence-electron chi connectivity index (χ3n) is 2.94. The Labute approximate surface area is 101 Å². The highest BCUT2D eigenvalue weighted by molar-refractivity contribution is 5.87. The van der Waals surface area contributed by atoms with E-state index in [1.54, 1.807) is 14.0 Å². The van der Waals surface area contributed by atoms with Crippen LogP contribution in [0.15, 0.2) is 0 Å². The summed E-state index contributed by atoms with van der Waals surface area (Å²) in [5.41, 5.74) is 0.422. The van der Waals surface area contributed by atoms with Gasteiger partial charge in [-0.05, 0) is 12.0 Å². The zero-order chi connectivity index (χ0) is 13.6. The second-order valence-electron chi connectivity index (χ2n) is 4.02. The van der Waals surface area contributed by atoms with E-state index < -0.39 is 23.3 Å². The van der Waals surface area contributed by atoms with Crippen LogP contribution in [-0.2, 0) is 13.5 Å². The van der Waals surface area contributed by atoms with Crippen LogP contribution >= 0.6 is 0 Å². The average Bonchev–Trinajstić information content (AvgIpc) is 2.33. The van der Waals surface area contributed by atoms with Crippen molar-refractivity contribution in [2.24, 2.45) is 7.05 Å². The summed E-state index contributed by atoms with van der Waals surface area (Å²) in [5, 5.41) is 3.42. The van der Waals surface area contributed by atoms with E-state index in [2.05, 4.69) is 5.10 Å². The van der Waals surface area contributed by atoms with Crippen LogP contribution < -0.4 is 4.68 Å². The summed E-state index contributed by atoms with van der Waals surface area (Å²) >= 11 is 0. The predicted molar refractivity (Wildman–Crippen MR) is 56.9 cm³/mol. The molecular formula is C12H11F4N2+. The van der Waals surface area contributed by atoms with Gasteiger partial charge < -0.3 is 0 Å². The van der Waals surface area contributed by atoms with Gasteiger partial charge >= 0.3 is 0 Å². The molecule has 0 fully saturated rings. The molecule has 0 aliphatic rings. The number of nitrogens with zero attached hydrogens (tertiary/aromatic N) is 2. The molecule has 2 aromatic rings. The molecule has 0 spiro atoms.